The monoisotopic (exact) mass is 204 g/mol. The highest BCUT2D eigenvalue weighted by Gasteiger charge is 2.08. The van der Waals surface area contributed by atoms with Gasteiger partial charge in [0.1, 0.15) is 11.3 Å². The molecule has 0 radical (unpaired) electrons. The molecule has 0 aliphatic rings. The van der Waals surface area contributed by atoms with E-state index in [1.165, 1.54) is 12.1 Å². The van der Waals surface area contributed by atoms with E-state index in [4.69, 9.17) is 4.42 Å². The third-order valence-corrected chi connectivity index (χ3v) is 2.49. The number of hydrogen-bond donors (Lipinski definition) is 1. The van der Waals surface area contributed by atoms with Gasteiger partial charge in [0.25, 0.3) is 0 Å². The highest BCUT2D eigenvalue weighted by molar-refractivity contribution is 5.85. The predicted molar refractivity (Wildman–Crippen MR) is 58.3 cm³/mol. The molecule has 0 unspecified atom stereocenters. The number of fused-ring (bicyclic) bond motifs is 1. The minimum Gasteiger partial charge on any atom is -0.508 e. The highest BCUT2D eigenvalue weighted by Crippen LogP contribution is 2.26. The van der Waals surface area contributed by atoms with Crippen LogP contribution in [0.3, 0.4) is 0 Å². The Labute approximate surface area is 87.0 Å². The molecule has 1 heterocycles. The SMILES string of the molecule is CCc1cc(O)cc2oc(=O)cc(C)c12. The Hall–Kier alpha value is -1.77. The summed E-state index contributed by atoms with van der Waals surface area (Å²) in [6.45, 7) is 3.87. The maximum Gasteiger partial charge on any atom is 0.336 e. The zero-order valence-corrected chi connectivity index (χ0v) is 8.70. The summed E-state index contributed by atoms with van der Waals surface area (Å²) in [5.74, 6) is 0.133. The van der Waals surface area contributed by atoms with E-state index in [2.05, 4.69) is 0 Å². The highest BCUT2D eigenvalue weighted by atomic mass is 16.4. The Bertz CT molecular complexity index is 567. The molecule has 78 valence electrons. The Morgan fingerprint density at radius 3 is 2.73 bits per heavy atom. The first-order valence-electron chi connectivity index (χ1n) is 4.88. The number of benzene rings is 1. The number of rotatable bonds is 1. The lowest BCUT2D eigenvalue weighted by molar-refractivity contribution is 0.472. The first-order valence-corrected chi connectivity index (χ1v) is 4.88. The molecular weight excluding hydrogens is 192 g/mol. The van der Waals surface area contributed by atoms with Crippen molar-refractivity contribution in [2.24, 2.45) is 0 Å². The lowest BCUT2D eigenvalue weighted by atomic mass is 10.0. The van der Waals surface area contributed by atoms with Gasteiger partial charge in [-0.1, -0.05) is 6.92 Å². The van der Waals surface area contributed by atoms with Gasteiger partial charge in [0, 0.05) is 17.5 Å². The van der Waals surface area contributed by atoms with Crippen LogP contribution in [0.4, 0.5) is 0 Å². The molecule has 15 heavy (non-hydrogen) atoms. The molecule has 3 heteroatoms. The summed E-state index contributed by atoms with van der Waals surface area (Å²) in [5.41, 5.74) is 1.95. The minimum absolute atomic E-state index is 0.133. The summed E-state index contributed by atoms with van der Waals surface area (Å²) in [5, 5.41) is 10.4. The van der Waals surface area contributed by atoms with E-state index in [9.17, 15) is 9.90 Å². The summed E-state index contributed by atoms with van der Waals surface area (Å²) in [6, 6.07) is 4.65. The fourth-order valence-electron chi connectivity index (χ4n) is 1.85. The Morgan fingerprint density at radius 1 is 1.33 bits per heavy atom. The molecule has 0 saturated carbocycles. The van der Waals surface area contributed by atoms with Crippen molar-refractivity contribution in [1.29, 1.82) is 0 Å². The molecule has 0 amide bonds. The average molecular weight is 204 g/mol. The number of phenols is 1. The van der Waals surface area contributed by atoms with Gasteiger partial charge >= 0.3 is 5.63 Å². The second kappa shape index (κ2) is 3.42. The van der Waals surface area contributed by atoms with Crippen molar-refractivity contribution in [3.8, 4) is 5.75 Å². The van der Waals surface area contributed by atoms with Crippen LogP contribution in [0.25, 0.3) is 11.0 Å². The Kier molecular flexibility index (Phi) is 2.23. The van der Waals surface area contributed by atoms with E-state index >= 15 is 0 Å². The van der Waals surface area contributed by atoms with E-state index in [1.807, 2.05) is 13.8 Å². The van der Waals surface area contributed by atoms with Crippen molar-refractivity contribution >= 4 is 11.0 Å². The van der Waals surface area contributed by atoms with Gasteiger partial charge in [-0.05, 0) is 30.5 Å². The third kappa shape index (κ3) is 1.61. The molecule has 1 aromatic heterocycles. The smallest absolute Gasteiger partial charge is 0.336 e. The van der Waals surface area contributed by atoms with Crippen LogP contribution >= 0.6 is 0 Å². The summed E-state index contributed by atoms with van der Waals surface area (Å²) in [7, 11) is 0. The number of aromatic hydroxyl groups is 1. The molecule has 0 saturated heterocycles. The standard InChI is InChI=1S/C12H12O3/c1-3-8-5-9(13)6-10-12(8)7(2)4-11(14)15-10/h4-6,13H,3H2,1-2H3. The lowest BCUT2D eigenvalue weighted by Crippen LogP contribution is -1.99. The van der Waals surface area contributed by atoms with E-state index in [0.717, 1.165) is 22.9 Å². The summed E-state index contributed by atoms with van der Waals surface area (Å²) >= 11 is 0. The largest absolute Gasteiger partial charge is 0.508 e. The second-order valence-corrected chi connectivity index (χ2v) is 3.58. The van der Waals surface area contributed by atoms with Crippen LogP contribution in [0.2, 0.25) is 0 Å². The van der Waals surface area contributed by atoms with Gasteiger partial charge in [-0.15, -0.1) is 0 Å². The van der Waals surface area contributed by atoms with E-state index in [1.54, 1.807) is 6.07 Å². The van der Waals surface area contributed by atoms with Crippen LogP contribution in [0, 0.1) is 6.92 Å². The quantitative estimate of drug-likeness (QED) is 0.725. The summed E-state index contributed by atoms with van der Waals surface area (Å²) in [6.07, 6.45) is 0.791. The molecule has 2 rings (SSSR count). The van der Waals surface area contributed by atoms with E-state index in [-0.39, 0.29) is 11.4 Å². The lowest BCUT2D eigenvalue weighted by Gasteiger charge is -2.06. The van der Waals surface area contributed by atoms with Crippen molar-refractivity contribution in [2.45, 2.75) is 20.3 Å². The van der Waals surface area contributed by atoms with Gasteiger partial charge in [-0.2, -0.15) is 0 Å². The first kappa shape index (κ1) is 9.77. The normalized spacial score (nSPS) is 10.8. The molecule has 1 aromatic carbocycles. The van der Waals surface area contributed by atoms with Crippen LogP contribution in [0.1, 0.15) is 18.1 Å². The molecule has 0 spiro atoms. The Morgan fingerprint density at radius 2 is 2.07 bits per heavy atom. The minimum atomic E-state index is -0.382. The molecule has 0 aliphatic carbocycles. The molecule has 0 fully saturated rings. The molecule has 0 aliphatic heterocycles. The van der Waals surface area contributed by atoms with Crippen molar-refractivity contribution in [3.63, 3.8) is 0 Å². The van der Waals surface area contributed by atoms with Crippen LogP contribution < -0.4 is 5.63 Å². The second-order valence-electron chi connectivity index (χ2n) is 3.58. The topological polar surface area (TPSA) is 50.4 Å². The summed E-state index contributed by atoms with van der Waals surface area (Å²) in [4.78, 5) is 11.2. The number of phenolic OH excluding ortho intramolecular Hbond substituents is 1. The van der Waals surface area contributed by atoms with Crippen LogP contribution in [-0.4, -0.2) is 5.11 Å². The number of hydrogen-bond acceptors (Lipinski definition) is 3. The van der Waals surface area contributed by atoms with Gasteiger partial charge in [0.05, 0.1) is 0 Å². The van der Waals surface area contributed by atoms with Crippen LogP contribution in [0.15, 0.2) is 27.4 Å². The Balaban J connectivity index is 2.96. The molecule has 3 nitrogen and oxygen atoms in total. The van der Waals surface area contributed by atoms with E-state index in [0.29, 0.717) is 5.58 Å². The first-order chi connectivity index (χ1) is 7.11. The van der Waals surface area contributed by atoms with Crippen LogP contribution in [-0.2, 0) is 6.42 Å². The molecule has 1 N–H and O–H groups in total. The molecule has 2 aromatic rings. The maximum absolute atomic E-state index is 11.2. The van der Waals surface area contributed by atoms with Crippen molar-refractivity contribution in [3.05, 3.63) is 39.7 Å². The zero-order valence-electron chi connectivity index (χ0n) is 8.70. The molecule has 0 bridgehead atoms. The van der Waals surface area contributed by atoms with Crippen molar-refractivity contribution in [2.75, 3.05) is 0 Å². The van der Waals surface area contributed by atoms with Gasteiger partial charge < -0.3 is 9.52 Å². The molecular formula is C12H12O3. The van der Waals surface area contributed by atoms with Gasteiger partial charge in [0.2, 0.25) is 0 Å². The van der Waals surface area contributed by atoms with Crippen LogP contribution in [0.5, 0.6) is 5.75 Å². The van der Waals surface area contributed by atoms with Crippen molar-refractivity contribution < 1.29 is 9.52 Å². The zero-order chi connectivity index (χ0) is 11.0. The summed E-state index contributed by atoms with van der Waals surface area (Å²) < 4.78 is 5.05. The van der Waals surface area contributed by atoms with Crippen molar-refractivity contribution in [1.82, 2.24) is 0 Å². The third-order valence-electron chi connectivity index (χ3n) is 2.49. The van der Waals surface area contributed by atoms with Gasteiger partial charge in [-0.3, -0.25) is 0 Å². The maximum atomic E-state index is 11.2. The fraction of sp³-hybridized carbons (Fsp3) is 0.250. The average Bonchev–Trinajstić information content (AvgIpc) is 2.14. The fourth-order valence-corrected chi connectivity index (χ4v) is 1.85. The molecule has 0 atom stereocenters. The predicted octanol–water partition coefficient (Wildman–Crippen LogP) is 2.37. The van der Waals surface area contributed by atoms with Gasteiger partial charge in [-0.25, -0.2) is 4.79 Å². The van der Waals surface area contributed by atoms with Gasteiger partial charge in [0.15, 0.2) is 0 Å². The number of aryl methyl sites for hydroxylation is 2. The van der Waals surface area contributed by atoms with E-state index < -0.39 is 0 Å².